The molecule has 0 bridgehead atoms. The molecule has 1 rings (SSSR count). The van der Waals surface area contributed by atoms with E-state index in [1.54, 1.807) is 6.92 Å². The SMILES string of the molecule is C[C@@H](C(=O)O)C(CO)Cc1ccccc1. The summed E-state index contributed by atoms with van der Waals surface area (Å²) in [5.41, 5.74) is 1.06. The summed E-state index contributed by atoms with van der Waals surface area (Å²) < 4.78 is 0. The lowest BCUT2D eigenvalue weighted by molar-refractivity contribution is -0.143. The first-order valence-electron chi connectivity index (χ1n) is 5.02. The van der Waals surface area contributed by atoms with E-state index in [-0.39, 0.29) is 12.5 Å². The van der Waals surface area contributed by atoms with Crippen molar-refractivity contribution in [2.45, 2.75) is 13.3 Å². The van der Waals surface area contributed by atoms with Gasteiger partial charge in [-0.25, -0.2) is 0 Å². The van der Waals surface area contributed by atoms with E-state index in [1.807, 2.05) is 30.3 Å². The number of hydrogen-bond acceptors (Lipinski definition) is 2. The van der Waals surface area contributed by atoms with Crippen LogP contribution in [-0.2, 0) is 11.2 Å². The molecule has 0 aromatic heterocycles. The predicted molar refractivity (Wildman–Crippen MR) is 57.5 cm³/mol. The molecule has 0 spiro atoms. The van der Waals surface area contributed by atoms with Gasteiger partial charge in [-0.05, 0) is 17.9 Å². The van der Waals surface area contributed by atoms with Crippen LogP contribution in [0.4, 0.5) is 0 Å². The van der Waals surface area contributed by atoms with Crippen molar-refractivity contribution < 1.29 is 15.0 Å². The number of aliphatic hydroxyl groups excluding tert-OH is 1. The van der Waals surface area contributed by atoms with Gasteiger partial charge in [0.2, 0.25) is 0 Å². The van der Waals surface area contributed by atoms with Crippen LogP contribution in [0.3, 0.4) is 0 Å². The summed E-state index contributed by atoms with van der Waals surface area (Å²) in [6.45, 7) is 1.54. The first-order chi connectivity index (χ1) is 7.15. The molecule has 82 valence electrons. The predicted octanol–water partition coefficient (Wildman–Crippen LogP) is 1.56. The molecule has 0 aliphatic carbocycles. The Balaban J connectivity index is 2.66. The van der Waals surface area contributed by atoms with Crippen LogP contribution in [-0.4, -0.2) is 22.8 Å². The summed E-state index contributed by atoms with van der Waals surface area (Å²) in [6, 6.07) is 9.62. The molecule has 0 amide bonds. The van der Waals surface area contributed by atoms with Gasteiger partial charge in [0.15, 0.2) is 0 Å². The average molecular weight is 208 g/mol. The number of benzene rings is 1. The molecule has 0 aliphatic rings. The monoisotopic (exact) mass is 208 g/mol. The Morgan fingerprint density at radius 3 is 2.40 bits per heavy atom. The molecule has 0 fully saturated rings. The standard InChI is InChI=1S/C12H16O3/c1-9(12(14)15)11(8-13)7-10-5-3-2-4-6-10/h2-6,9,11,13H,7-8H2,1H3,(H,14,15)/t9-,11?/m1/s1. The molecule has 2 atom stereocenters. The fraction of sp³-hybridized carbons (Fsp3) is 0.417. The van der Waals surface area contributed by atoms with E-state index in [4.69, 9.17) is 10.2 Å². The van der Waals surface area contributed by atoms with Crippen molar-refractivity contribution in [3.8, 4) is 0 Å². The van der Waals surface area contributed by atoms with Crippen LogP contribution >= 0.6 is 0 Å². The van der Waals surface area contributed by atoms with E-state index in [1.165, 1.54) is 0 Å². The summed E-state index contributed by atoms with van der Waals surface area (Å²) in [5, 5.41) is 18.0. The van der Waals surface area contributed by atoms with Crippen molar-refractivity contribution in [3.05, 3.63) is 35.9 Å². The van der Waals surface area contributed by atoms with Crippen LogP contribution < -0.4 is 0 Å². The minimum absolute atomic E-state index is 0.0949. The molecule has 0 heterocycles. The second-order valence-corrected chi connectivity index (χ2v) is 3.76. The molecular formula is C12H16O3. The van der Waals surface area contributed by atoms with Gasteiger partial charge in [-0.3, -0.25) is 4.79 Å². The van der Waals surface area contributed by atoms with E-state index >= 15 is 0 Å². The molecule has 1 unspecified atom stereocenters. The Kier molecular flexibility index (Phi) is 4.31. The highest BCUT2D eigenvalue weighted by Gasteiger charge is 2.22. The molecular weight excluding hydrogens is 192 g/mol. The Labute approximate surface area is 89.4 Å². The fourth-order valence-corrected chi connectivity index (χ4v) is 1.52. The van der Waals surface area contributed by atoms with E-state index < -0.39 is 11.9 Å². The topological polar surface area (TPSA) is 57.5 Å². The zero-order chi connectivity index (χ0) is 11.3. The van der Waals surface area contributed by atoms with Gasteiger partial charge in [0.25, 0.3) is 0 Å². The molecule has 0 radical (unpaired) electrons. The molecule has 0 saturated carbocycles. The van der Waals surface area contributed by atoms with Crippen LogP contribution in [0.25, 0.3) is 0 Å². The molecule has 3 nitrogen and oxygen atoms in total. The van der Waals surface area contributed by atoms with Gasteiger partial charge in [0.05, 0.1) is 5.92 Å². The number of rotatable bonds is 5. The molecule has 15 heavy (non-hydrogen) atoms. The first kappa shape index (κ1) is 11.7. The molecule has 1 aromatic carbocycles. The summed E-state index contributed by atoms with van der Waals surface area (Å²) in [6.07, 6.45) is 0.602. The van der Waals surface area contributed by atoms with E-state index in [0.717, 1.165) is 5.56 Å². The number of aliphatic hydroxyl groups is 1. The second-order valence-electron chi connectivity index (χ2n) is 3.76. The van der Waals surface area contributed by atoms with Crippen molar-refractivity contribution in [2.24, 2.45) is 11.8 Å². The van der Waals surface area contributed by atoms with Crippen LogP contribution in [0, 0.1) is 11.8 Å². The Hall–Kier alpha value is -1.35. The van der Waals surface area contributed by atoms with Crippen molar-refractivity contribution in [1.82, 2.24) is 0 Å². The van der Waals surface area contributed by atoms with Crippen molar-refractivity contribution in [3.63, 3.8) is 0 Å². The maximum absolute atomic E-state index is 10.8. The normalized spacial score (nSPS) is 14.5. The fourth-order valence-electron chi connectivity index (χ4n) is 1.52. The summed E-state index contributed by atoms with van der Waals surface area (Å²) >= 11 is 0. The van der Waals surface area contributed by atoms with Gasteiger partial charge in [-0.2, -0.15) is 0 Å². The summed E-state index contributed by atoms with van der Waals surface area (Å²) in [7, 11) is 0. The highest BCUT2D eigenvalue weighted by molar-refractivity contribution is 5.69. The quantitative estimate of drug-likeness (QED) is 0.772. The van der Waals surface area contributed by atoms with Crippen molar-refractivity contribution in [2.75, 3.05) is 6.61 Å². The molecule has 3 heteroatoms. The molecule has 1 aromatic rings. The molecule has 0 saturated heterocycles. The van der Waals surface area contributed by atoms with E-state index in [2.05, 4.69) is 0 Å². The van der Waals surface area contributed by atoms with Gasteiger partial charge in [-0.15, -0.1) is 0 Å². The maximum Gasteiger partial charge on any atom is 0.306 e. The van der Waals surface area contributed by atoms with Crippen molar-refractivity contribution >= 4 is 5.97 Å². The van der Waals surface area contributed by atoms with Crippen LogP contribution in [0.2, 0.25) is 0 Å². The third-order valence-corrected chi connectivity index (χ3v) is 2.67. The Morgan fingerprint density at radius 1 is 1.33 bits per heavy atom. The third-order valence-electron chi connectivity index (χ3n) is 2.67. The smallest absolute Gasteiger partial charge is 0.306 e. The average Bonchev–Trinajstić information content (AvgIpc) is 2.26. The van der Waals surface area contributed by atoms with Gasteiger partial charge in [-0.1, -0.05) is 37.3 Å². The van der Waals surface area contributed by atoms with Crippen molar-refractivity contribution in [1.29, 1.82) is 0 Å². The number of carboxylic acids is 1. The zero-order valence-electron chi connectivity index (χ0n) is 8.76. The molecule has 0 aliphatic heterocycles. The third kappa shape index (κ3) is 3.36. The van der Waals surface area contributed by atoms with Gasteiger partial charge < -0.3 is 10.2 Å². The summed E-state index contributed by atoms with van der Waals surface area (Å²) in [4.78, 5) is 10.8. The van der Waals surface area contributed by atoms with Crippen LogP contribution in [0.1, 0.15) is 12.5 Å². The number of carboxylic acid groups (broad SMARTS) is 1. The highest BCUT2D eigenvalue weighted by atomic mass is 16.4. The lowest BCUT2D eigenvalue weighted by Gasteiger charge is -2.18. The van der Waals surface area contributed by atoms with Gasteiger partial charge in [0.1, 0.15) is 0 Å². The minimum atomic E-state index is -0.856. The summed E-state index contributed by atoms with van der Waals surface area (Å²) in [5.74, 6) is -1.59. The van der Waals surface area contributed by atoms with E-state index in [9.17, 15) is 4.79 Å². The first-order valence-corrected chi connectivity index (χ1v) is 5.02. The van der Waals surface area contributed by atoms with Gasteiger partial charge >= 0.3 is 5.97 Å². The minimum Gasteiger partial charge on any atom is -0.481 e. The zero-order valence-corrected chi connectivity index (χ0v) is 8.76. The van der Waals surface area contributed by atoms with Crippen LogP contribution in [0.15, 0.2) is 30.3 Å². The van der Waals surface area contributed by atoms with Crippen LogP contribution in [0.5, 0.6) is 0 Å². The highest BCUT2D eigenvalue weighted by Crippen LogP contribution is 2.17. The Bertz CT molecular complexity index is 308. The second kappa shape index (κ2) is 5.51. The Morgan fingerprint density at radius 2 is 1.93 bits per heavy atom. The number of aliphatic carboxylic acids is 1. The maximum atomic E-state index is 10.8. The largest absolute Gasteiger partial charge is 0.481 e. The number of hydrogen-bond donors (Lipinski definition) is 2. The lowest BCUT2D eigenvalue weighted by Crippen LogP contribution is -2.25. The molecule has 2 N–H and O–H groups in total. The number of carbonyl (C=O) groups is 1. The van der Waals surface area contributed by atoms with Gasteiger partial charge in [0, 0.05) is 6.61 Å². The lowest BCUT2D eigenvalue weighted by atomic mass is 9.89. The van der Waals surface area contributed by atoms with E-state index in [0.29, 0.717) is 6.42 Å².